The van der Waals surface area contributed by atoms with E-state index < -0.39 is 11.8 Å². The van der Waals surface area contributed by atoms with Crippen molar-refractivity contribution in [1.29, 1.82) is 0 Å². The molecule has 0 aliphatic heterocycles. The summed E-state index contributed by atoms with van der Waals surface area (Å²) >= 11 is 0. The first-order valence-corrected chi connectivity index (χ1v) is 9.94. The lowest BCUT2D eigenvalue weighted by atomic mass is 10.0. The minimum Gasteiger partial charge on any atom is -0.473 e. The maximum absolute atomic E-state index is 13.3. The second-order valence-electron chi connectivity index (χ2n) is 7.46. The summed E-state index contributed by atoms with van der Waals surface area (Å²) in [5, 5.41) is 4.03. The van der Waals surface area contributed by atoms with Gasteiger partial charge in [0.25, 0.3) is 11.8 Å². The number of primary amides is 1. The number of nitrogens with zero attached hydrogens (tertiary/aromatic N) is 4. The minimum atomic E-state index is -2.98. The molecule has 0 aliphatic rings. The molecule has 2 heterocycles. The summed E-state index contributed by atoms with van der Waals surface area (Å²) in [5.41, 5.74) is 8.19. The first kappa shape index (κ1) is 23.7. The molecule has 0 aliphatic carbocycles. The molecule has 0 spiro atoms. The number of aryl methyl sites for hydroxylation is 1. The number of ether oxygens (including phenoxy) is 1. The number of allylic oxidation sites excluding steroid dienone is 1. The zero-order valence-corrected chi connectivity index (χ0v) is 18.6. The Bertz CT molecular complexity index is 1210. The second-order valence-corrected chi connectivity index (χ2v) is 7.46. The Kier molecular flexibility index (Phi) is 6.95. The van der Waals surface area contributed by atoms with E-state index in [2.05, 4.69) is 20.1 Å². The molecular formula is C23H23F2N5O3. The number of rotatable bonds is 8. The van der Waals surface area contributed by atoms with Crippen molar-refractivity contribution in [3.05, 3.63) is 64.7 Å². The van der Waals surface area contributed by atoms with Crippen molar-refractivity contribution in [2.75, 3.05) is 13.7 Å². The molecule has 0 unspecified atom stereocenters. The van der Waals surface area contributed by atoms with Gasteiger partial charge in [-0.1, -0.05) is 11.2 Å². The third-order valence-corrected chi connectivity index (χ3v) is 4.82. The molecule has 172 valence electrons. The zero-order chi connectivity index (χ0) is 24.2. The number of nitrogens with two attached hydrogens (primary N) is 1. The average molecular weight is 455 g/mol. The van der Waals surface area contributed by atoms with Gasteiger partial charge < -0.3 is 15.0 Å². The molecule has 8 nitrogen and oxygen atoms in total. The molecule has 0 saturated carbocycles. The number of halogens is 2. The summed E-state index contributed by atoms with van der Waals surface area (Å²) in [5.74, 6) is -2.85. The Hall–Kier alpha value is -3.95. The van der Waals surface area contributed by atoms with Gasteiger partial charge in [0, 0.05) is 49.1 Å². The van der Waals surface area contributed by atoms with Crippen LogP contribution in [0.1, 0.15) is 41.2 Å². The molecule has 0 atom stereocenters. The third kappa shape index (κ3) is 5.65. The van der Waals surface area contributed by atoms with Gasteiger partial charge in [0.05, 0.1) is 5.57 Å². The van der Waals surface area contributed by atoms with Gasteiger partial charge in [-0.2, -0.15) is 4.98 Å². The van der Waals surface area contributed by atoms with Crippen LogP contribution in [0.4, 0.5) is 8.78 Å². The van der Waals surface area contributed by atoms with Gasteiger partial charge in [0.15, 0.2) is 0 Å². The predicted octanol–water partition coefficient (Wildman–Crippen LogP) is 4.20. The number of hydrogen-bond donors (Lipinski definition) is 1. The number of amides is 1. The van der Waals surface area contributed by atoms with Crippen LogP contribution in [0.25, 0.3) is 17.0 Å². The first-order chi connectivity index (χ1) is 15.6. The van der Waals surface area contributed by atoms with Crippen molar-refractivity contribution < 1.29 is 22.8 Å². The van der Waals surface area contributed by atoms with E-state index in [1.165, 1.54) is 12.1 Å². The fourth-order valence-electron chi connectivity index (χ4n) is 2.92. The van der Waals surface area contributed by atoms with Crippen LogP contribution in [-0.2, 0) is 5.92 Å². The molecule has 2 N–H and O–H groups in total. The number of hydrogen-bond acceptors (Lipinski definition) is 7. The van der Waals surface area contributed by atoms with E-state index in [1.807, 2.05) is 6.92 Å². The van der Waals surface area contributed by atoms with Crippen molar-refractivity contribution in [2.24, 2.45) is 10.7 Å². The normalized spacial score (nSPS) is 12.7. The molecular weight excluding hydrogens is 432 g/mol. The van der Waals surface area contributed by atoms with Crippen molar-refractivity contribution in [3.63, 3.8) is 0 Å². The summed E-state index contributed by atoms with van der Waals surface area (Å²) in [4.78, 5) is 23.9. The highest BCUT2D eigenvalue weighted by Gasteiger charge is 2.24. The van der Waals surface area contributed by atoms with Crippen LogP contribution in [0, 0.1) is 6.92 Å². The van der Waals surface area contributed by atoms with Crippen molar-refractivity contribution in [2.45, 2.75) is 26.7 Å². The van der Waals surface area contributed by atoms with Crippen LogP contribution >= 0.6 is 0 Å². The Morgan fingerprint density at radius 1 is 1.30 bits per heavy atom. The lowest BCUT2D eigenvalue weighted by Crippen LogP contribution is -2.11. The maximum atomic E-state index is 13.3. The largest absolute Gasteiger partial charge is 0.473 e. The molecule has 0 bridgehead atoms. The number of aromatic nitrogens is 3. The number of carbonyl (C=O) groups excluding carboxylic acids is 1. The van der Waals surface area contributed by atoms with Gasteiger partial charge >= 0.3 is 0 Å². The molecule has 1 aromatic carbocycles. The highest BCUT2D eigenvalue weighted by Crippen LogP contribution is 2.27. The Labute approximate surface area is 189 Å². The molecule has 10 heteroatoms. The number of carbonyl (C=O) groups is 1. The van der Waals surface area contributed by atoms with E-state index >= 15 is 0 Å². The Morgan fingerprint density at radius 2 is 2.06 bits per heavy atom. The van der Waals surface area contributed by atoms with E-state index in [1.54, 1.807) is 38.4 Å². The van der Waals surface area contributed by atoms with Crippen LogP contribution in [-0.4, -0.2) is 40.9 Å². The van der Waals surface area contributed by atoms with E-state index in [0.29, 0.717) is 28.1 Å². The van der Waals surface area contributed by atoms with Crippen LogP contribution in [0.5, 0.6) is 5.88 Å². The summed E-state index contributed by atoms with van der Waals surface area (Å²) < 4.78 is 37.7. The summed E-state index contributed by atoms with van der Waals surface area (Å²) in [6.45, 7) is 4.53. The molecule has 0 fully saturated rings. The minimum absolute atomic E-state index is 0.0874. The highest BCUT2D eigenvalue weighted by molar-refractivity contribution is 6.09. The fourth-order valence-corrected chi connectivity index (χ4v) is 2.92. The number of alkyl halides is 2. The van der Waals surface area contributed by atoms with Gasteiger partial charge in [-0.3, -0.25) is 9.79 Å². The van der Waals surface area contributed by atoms with Gasteiger partial charge in [-0.25, -0.2) is 13.8 Å². The quantitative estimate of drug-likeness (QED) is 0.509. The number of benzene rings is 1. The van der Waals surface area contributed by atoms with Gasteiger partial charge in [-0.05, 0) is 43.2 Å². The monoisotopic (exact) mass is 455 g/mol. The van der Waals surface area contributed by atoms with E-state index in [-0.39, 0.29) is 23.9 Å². The SMILES string of the molecule is CN=C/C(=C(\C)COc1ccc(C(C)(F)F)cn1)c1nc(-c2cc(C(N)=O)ccc2C)no1. The van der Waals surface area contributed by atoms with E-state index in [4.69, 9.17) is 15.0 Å². The van der Waals surface area contributed by atoms with Crippen LogP contribution in [0.3, 0.4) is 0 Å². The van der Waals surface area contributed by atoms with Crippen molar-refractivity contribution >= 4 is 17.7 Å². The molecule has 2 aromatic heterocycles. The lowest BCUT2D eigenvalue weighted by Gasteiger charge is -2.11. The van der Waals surface area contributed by atoms with E-state index in [0.717, 1.165) is 18.7 Å². The maximum Gasteiger partial charge on any atom is 0.272 e. The van der Waals surface area contributed by atoms with Crippen molar-refractivity contribution in [3.8, 4) is 17.3 Å². The topological polar surface area (TPSA) is 116 Å². The third-order valence-electron chi connectivity index (χ3n) is 4.82. The van der Waals surface area contributed by atoms with E-state index in [9.17, 15) is 13.6 Å². The molecule has 0 saturated heterocycles. The second kappa shape index (κ2) is 9.68. The summed E-state index contributed by atoms with van der Waals surface area (Å²) in [7, 11) is 1.59. The molecule has 0 radical (unpaired) electrons. The van der Waals surface area contributed by atoms with Gasteiger partial charge in [0.1, 0.15) is 6.61 Å². The fraction of sp³-hybridized carbons (Fsp3) is 0.261. The molecule has 3 rings (SSSR count). The van der Waals surface area contributed by atoms with Crippen LogP contribution in [0.15, 0.2) is 51.6 Å². The predicted molar refractivity (Wildman–Crippen MR) is 119 cm³/mol. The zero-order valence-electron chi connectivity index (χ0n) is 18.6. The smallest absolute Gasteiger partial charge is 0.272 e. The average Bonchev–Trinajstić information content (AvgIpc) is 3.25. The van der Waals surface area contributed by atoms with Gasteiger partial charge in [-0.15, -0.1) is 0 Å². The van der Waals surface area contributed by atoms with Crippen molar-refractivity contribution in [1.82, 2.24) is 15.1 Å². The lowest BCUT2D eigenvalue weighted by molar-refractivity contribution is 0.0170. The standard InChI is InChI=1S/C23H23F2N5O3/c1-13-5-6-15(20(26)31)9-17(13)21-29-22(33-30-21)18(11-27-4)14(2)12-32-19-8-7-16(10-28-19)23(3,24)25/h5-11H,12H2,1-4H3,(H2,26,31)/b18-14-,27-11?. The highest BCUT2D eigenvalue weighted by atomic mass is 19.3. The molecule has 33 heavy (non-hydrogen) atoms. The first-order valence-electron chi connectivity index (χ1n) is 9.94. The number of pyridine rings is 1. The number of aliphatic imine (C=N–C) groups is 1. The van der Waals surface area contributed by atoms with Gasteiger partial charge in [0.2, 0.25) is 17.6 Å². The molecule has 1 amide bonds. The Morgan fingerprint density at radius 3 is 2.67 bits per heavy atom. The summed E-state index contributed by atoms with van der Waals surface area (Å²) in [6.07, 6.45) is 2.63. The van der Waals surface area contributed by atoms with Crippen LogP contribution < -0.4 is 10.5 Å². The Balaban J connectivity index is 1.85. The molecule has 3 aromatic rings. The summed E-state index contributed by atoms with van der Waals surface area (Å²) in [6, 6.07) is 7.63. The van der Waals surface area contributed by atoms with Crippen LogP contribution in [0.2, 0.25) is 0 Å².